The maximum atomic E-state index is 2.43. The molecule has 12 aromatic rings. The van der Waals surface area contributed by atoms with E-state index in [0.717, 1.165) is 17.1 Å². The lowest BCUT2D eigenvalue weighted by atomic mass is 9.74. The van der Waals surface area contributed by atoms with Crippen LogP contribution in [0, 0.1) is 0 Å². The first-order chi connectivity index (χ1) is 37.3. The van der Waals surface area contributed by atoms with E-state index in [2.05, 4.69) is 305 Å². The molecule has 0 heterocycles. The Morgan fingerprint density at radius 2 is 0.671 bits per heavy atom. The third-order valence-electron chi connectivity index (χ3n) is 16.8. The molecule has 0 N–H and O–H groups in total. The van der Waals surface area contributed by atoms with Gasteiger partial charge in [-0.15, -0.1) is 0 Å². The van der Waals surface area contributed by atoms with E-state index >= 15 is 0 Å². The van der Waals surface area contributed by atoms with E-state index in [1.807, 2.05) is 0 Å². The molecule has 76 heavy (non-hydrogen) atoms. The van der Waals surface area contributed by atoms with Crippen LogP contribution in [0.5, 0.6) is 0 Å². The van der Waals surface area contributed by atoms with E-state index in [4.69, 9.17) is 0 Å². The fourth-order valence-electron chi connectivity index (χ4n) is 13.1. The van der Waals surface area contributed by atoms with Crippen LogP contribution in [0.25, 0.3) is 88.7 Å². The zero-order valence-electron chi connectivity index (χ0n) is 43.0. The van der Waals surface area contributed by atoms with Gasteiger partial charge in [-0.25, -0.2) is 0 Å². The van der Waals surface area contributed by atoms with Crippen LogP contribution in [0.1, 0.15) is 48.6 Å². The van der Waals surface area contributed by atoms with Crippen LogP contribution >= 0.6 is 0 Å². The van der Waals surface area contributed by atoms with E-state index in [-0.39, 0.29) is 10.8 Å². The molecule has 0 spiro atoms. The van der Waals surface area contributed by atoms with Gasteiger partial charge in [0.1, 0.15) is 0 Å². The van der Waals surface area contributed by atoms with E-state index in [1.165, 1.54) is 116 Å². The average molecular weight is 970 g/mol. The molecule has 0 aliphatic heterocycles. The summed E-state index contributed by atoms with van der Waals surface area (Å²) in [5.74, 6) is 0. The fourth-order valence-corrected chi connectivity index (χ4v) is 13.1. The van der Waals surface area contributed by atoms with E-state index in [9.17, 15) is 0 Å². The van der Waals surface area contributed by atoms with Gasteiger partial charge in [0.2, 0.25) is 0 Å². The normalized spacial score (nSPS) is 14.7. The highest BCUT2D eigenvalue weighted by molar-refractivity contribution is 6.06. The maximum Gasteiger partial charge on any atom is 0.0462 e. The van der Waals surface area contributed by atoms with Crippen LogP contribution in [-0.2, 0) is 10.8 Å². The highest BCUT2D eigenvalue weighted by Gasteiger charge is 2.41. The van der Waals surface area contributed by atoms with Gasteiger partial charge >= 0.3 is 0 Å². The van der Waals surface area contributed by atoms with E-state index < -0.39 is 0 Å². The molecule has 0 saturated carbocycles. The Morgan fingerprint density at radius 1 is 0.263 bits per heavy atom. The largest absolute Gasteiger partial charge is 0.311 e. The number of rotatable bonds is 9. The smallest absolute Gasteiger partial charge is 0.0462 e. The molecular weight excluding hydrogens is 915 g/mol. The summed E-state index contributed by atoms with van der Waals surface area (Å²) in [5, 5.41) is 2.50. The molecule has 0 radical (unpaired) electrons. The number of hydrogen-bond acceptors (Lipinski definition) is 1. The van der Waals surface area contributed by atoms with Gasteiger partial charge in [-0.3, -0.25) is 0 Å². The summed E-state index contributed by atoms with van der Waals surface area (Å²) in [6.45, 7) is 7.15. The molecule has 1 nitrogen and oxygen atoms in total. The predicted molar refractivity (Wildman–Crippen MR) is 321 cm³/mol. The van der Waals surface area contributed by atoms with Crippen molar-refractivity contribution in [2.24, 2.45) is 0 Å². The van der Waals surface area contributed by atoms with Gasteiger partial charge in [0, 0.05) is 27.9 Å². The Morgan fingerprint density at radius 3 is 1.29 bits per heavy atom. The first kappa shape index (κ1) is 45.3. The van der Waals surface area contributed by atoms with Gasteiger partial charge in [-0.1, -0.05) is 250 Å². The van der Waals surface area contributed by atoms with Crippen molar-refractivity contribution >= 4 is 27.8 Å². The lowest BCUT2D eigenvalue weighted by Crippen LogP contribution is -2.22. The molecule has 0 amide bonds. The number of fused-ring (bicyclic) bond motifs is 7. The summed E-state index contributed by atoms with van der Waals surface area (Å²) >= 11 is 0. The molecule has 1 unspecified atom stereocenters. The molecule has 2 aliphatic carbocycles. The average Bonchev–Trinajstić information content (AvgIpc) is 3.97. The van der Waals surface area contributed by atoms with Crippen LogP contribution in [0.4, 0.5) is 17.1 Å². The summed E-state index contributed by atoms with van der Waals surface area (Å²) in [4.78, 5) is 2.40. The standard InChI is InChI=1S/C75H55N/c1-74(2)69-33-14-12-28-65(69)68-32-18-31-67(73(68)74)63-26-11-10-25-60(63)52-37-44-58(45-38-52)76(59-46-39-53(40-47-59)62-30-17-22-54-21-16-29-61(72(54)62)51-19-6-4-7-20-51)57-42-35-50(36-43-57)55-41-48-66-64-27-13-15-34-70(64)75(3,71(66)49-55)56-23-8-5-9-24-56/h4-49H,1-3H3. The summed E-state index contributed by atoms with van der Waals surface area (Å²) < 4.78 is 0. The second kappa shape index (κ2) is 18.0. The zero-order valence-corrected chi connectivity index (χ0v) is 43.0. The molecule has 0 fully saturated rings. The highest BCUT2D eigenvalue weighted by Crippen LogP contribution is 2.55. The Kier molecular flexibility index (Phi) is 10.7. The molecule has 1 atom stereocenters. The van der Waals surface area contributed by atoms with Crippen LogP contribution in [0.2, 0.25) is 0 Å². The first-order valence-corrected chi connectivity index (χ1v) is 26.7. The molecule has 2 aliphatic rings. The molecule has 12 aromatic carbocycles. The van der Waals surface area contributed by atoms with Gasteiger partial charge in [-0.05, 0) is 166 Å². The first-order valence-electron chi connectivity index (χ1n) is 26.7. The van der Waals surface area contributed by atoms with Crippen LogP contribution < -0.4 is 4.90 Å². The highest BCUT2D eigenvalue weighted by atomic mass is 15.1. The summed E-state index contributed by atoms with van der Waals surface area (Å²) in [6.07, 6.45) is 0. The van der Waals surface area contributed by atoms with Gasteiger partial charge in [0.15, 0.2) is 0 Å². The zero-order chi connectivity index (χ0) is 51.0. The van der Waals surface area contributed by atoms with Crippen molar-refractivity contribution in [3.05, 3.63) is 307 Å². The molecular formula is C75H55N. The third kappa shape index (κ3) is 7.22. The Hall–Kier alpha value is -9.30. The Labute approximate surface area is 446 Å². The van der Waals surface area contributed by atoms with Crippen molar-refractivity contribution in [1.82, 2.24) is 0 Å². The summed E-state index contributed by atoms with van der Waals surface area (Å²) in [5.41, 5.74) is 27.2. The molecule has 360 valence electrons. The number of anilines is 3. The second-order valence-corrected chi connectivity index (χ2v) is 21.3. The summed E-state index contributed by atoms with van der Waals surface area (Å²) in [7, 11) is 0. The van der Waals surface area contributed by atoms with Gasteiger partial charge in [-0.2, -0.15) is 0 Å². The van der Waals surface area contributed by atoms with Gasteiger partial charge in [0.25, 0.3) is 0 Å². The van der Waals surface area contributed by atoms with Crippen LogP contribution in [0.3, 0.4) is 0 Å². The van der Waals surface area contributed by atoms with Gasteiger partial charge < -0.3 is 4.90 Å². The molecule has 14 rings (SSSR count). The van der Waals surface area contributed by atoms with Crippen molar-refractivity contribution in [2.45, 2.75) is 31.6 Å². The Bertz CT molecular complexity index is 4160. The number of hydrogen-bond donors (Lipinski definition) is 0. The van der Waals surface area contributed by atoms with E-state index in [1.54, 1.807) is 0 Å². The predicted octanol–water partition coefficient (Wildman–Crippen LogP) is 20.3. The minimum atomic E-state index is -0.266. The third-order valence-corrected chi connectivity index (χ3v) is 16.8. The van der Waals surface area contributed by atoms with Crippen molar-refractivity contribution in [1.29, 1.82) is 0 Å². The molecule has 0 aromatic heterocycles. The van der Waals surface area contributed by atoms with Gasteiger partial charge in [0.05, 0.1) is 0 Å². The van der Waals surface area contributed by atoms with Crippen molar-refractivity contribution in [2.75, 3.05) is 4.90 Å². The minimum Gasteiger partial charge on any atom is -0.311 e. The van der Waals surface area contributed by atoms with Crippen LogP contribution in [0.15, 0.2) is 279 Å². The molecule has 0 bridgehead atoms. The van der Waals surface area contributed by atoms with Crippen molar-refractivity contribution in [3.8, 4) is 77.9 Å². The quantitative estimate of drug-likeness (QED) is 0.139. The van der Waals surface area contributed by atoms with Crippen LogP contribution in [-0.4, -0.2) is 0 Å². The molecule has 1 heteroatoms. The monoisotopic (exact) mass is 969 g/mol. The lowest BCUT2D eigenvalue weighted by molar-refractivity contribution is 0.662. The maximum absolute atomic E-state index is 2.43. The number of nitrogens with zero attached hydrogens (tertiary/aromatic N) is 1. The minimum absolute atomic E-state index is 0.127. The van der Waals surface area contributed by atoms with E-state index in [0.29, 0.717) is 0 Å². The Balaban J connectivity index is 0.861. The number of benzene rings is 12. The fraction of sp³-hybridized carbons (Fsp3) is 0.0667. The SMILES string of the molecule is CC1(C)c2ccccc2-c2cccc(-c3ccccc3-c3ccc(N(c4ccc(-c5ccc6c(c5)C(C)(c5ccccc5)c5ccccc5-6)cc4)c4ccc(-c5cccc6cccc(-c7ccccc7)c56)cc4)cc3)c21. The molecule has 0 saturated heterocycles. The van der Waals surface area contributed by atoms with Crippen molar-refractivity contribution in [3.63, 3.8) is 0 Å². The second-order valence-electron chi connectivity index (χ2n) is 21.3. The van der Waals surface area contributed by atoms with Crippen molar-refractivity contribution < 1.29 is 0 Å². The summed E-state index contributed by atoms with van der Waals surface area (Å²) in [6, 6.07) is 103. The lowest BCUT2D eigenvalue weighted by Gasteiger charge is -2.28. The topological polar surface area (TPSA) is 3.24 Å².